The monoisotopic (exact) mass is 396 g/mol. The Labute approximate surface area is 124 Å². The van der Waals surface area contributed by atoms with E-state index in [2.05, 4.69) is 37.2 Å². The second-order valence-electron chi connectivity index (χ2n) is 4.24. The van der Waals surface area contributed by atoms with Gasteiger partial charge < -0.3 is 5.32 Å². The number of sulfonamides is 1. The quantitative estimate of drug-likeness (QED) is 0.832. The van der Waals surface area contributed by atoms with Crippen LogP contribution in [0.3, 0.4) is 0 Å². The summed E-state index contributed by atoms with van der Waals surface area (Å²) in [7, 11) is -3.45. The first-order chi connectivity index (χ1) is 8.43. The van der Waals surface area contributed by atoms with Crippen molar-refractivity contribution in [3.63, 3.8) is 0 Å². The summed E-state index contributed by atoms with van der Waals surface area (Å²) in [5.74, 6) is 0. The van der Waals surface area contributed by atoms with E-state index >= 15 is 0 Å². The highest BCUT2D eigenvalue weighted by Gasteiger charge is 2.32. The predicted octanol–water partition coefficient (Wildman–Crippen LogP) is 2.19. The van der Waals surface area contributed by atoms with Crippen LogP contribution in [0.25, 0.3) is 0 Å². The molecule has 0 radical (unpaired) electrons. The Kier molecular flexibility index (Phi) is 4.48. The molecule has 1 saturated heterocycles. The van der Waals surface area contributed by atoms with Crippen molar-refractivity contribution in [2.75, 3.05) is 19.6 Å². The van der Waals surface area contributed by atoms with Gasteiger partial charge in [0.05, 0.1) is 4.90 Å². The van der Waals surface area contributed by atoms with E-state index in [1.165, 1.54) is 0 Å². The molecule has 7 heteroatoms. The van der Waals surface area contributed by atoms with Gasteiger partial charge in [0.25, 0.3) is 0 Å². The fourth-order valence-corrected chi connectivity index (χ4v) is 5.08. The molecule has 0 saturated carbocycles. The summed E-state index contributed by atoms with van der Waals surface area (Å²) in [4.78, 5) is 0.311. The molecule has 100 valence electrons. The Hall–Kier alpha value is 0.0500. The summed E-state index contributed by atoms with van der Waals surface area (Å²) in [5, 5.41) is 3.19. The zero-order valence-electron chi connectivity index (χ0n) is 9.86. The largest absolute Gasteiger partial charge is 0.314 e. The Morgan fingerprint density at radius 2 is 2.11 bits per heavy atom. The third-order valence-corrected chi connectivity index (χ3v) is 6.42. The standard InChI is InChI=1S/C11H14Br2N2O2S/c1-8-7-14-4-5-15(8)18(16,17)11-6-9(12)2-3-10(11)13/h2-3,6,8,14H,4-5,7H2,1H3. The molecule has 1 heterocycles. The molecule has 1 unspecified atom stereocenters. The number of halogens is 2. The van der Waals surface area contributed by atoms with Crippen molar-refractivity contribution in [3.05, 3.63) is 27.1 Å². The van der Waals surface area contributed by atoms with Crippen LogP contribution in [0.15, 0.2) is 32.0 Å². The van der Waals surface area contributed by atoms with Crippen LogP contribution < -0.4 is 5.32 Å². The first-order valence-electron chi connectivity index (χ1n) is 5.60. The highest BCUT2D eigenvalue weighted by molar-refractivity contribution is 9.11. The van der Waals surface area contributed by atoms with Gasteiger partial charge in [0.1, 0.15) is 0 Å². The summed E-state index contributed by atoms with van der Waals surface area (Å²) in [6, 6.07) is 5.15. The average Bonchev–Trinajstić information content (AvgIpc) is 2.32. The molecular formula is C11H14Br2N2O2S. The van der Waals surface area contributed by atoms with E-state index < -0.39 is 10.0 Å². The van der Waals surface area contributed by atoms with Crippen molar-refractivity contribution in [3.8, 4) is 0 Å². The van der Waals surface area contributed by atoms with E-state index in [4.69, 9.17) is 0 Å². The van der Waals surface area contributed by atoms with Crippen LogP contribution in [0, 0.1) is 0 Å². The van der Waals surface area contributed by atoms with E-state index in [0.29, 0.717) is 29.0 Å². The van der Waals surface area contributed by atoms with Crippen LogP contribution in [0.4, 0.5) is 0 Å². The van der Waals surface area contributed by atoms with E-state index in [1.54, 1.807) is 16.4 Å². The van der Waals surface area contributed by atoms with Crippen molar-refractivity contribution < 1.29 is 8.42 Å². The highest BCUT2D eigenvalue weighted by Crippen LogP contribution is 2.29. The van der Waals surface area contributed by atoms with Gasteiger partial charge in [-0.2, -0.15) is 4.31 Å². The summed E-state index contributed by atoms with van der Waals surface area (Å²) >= 11 is 6.62. The number of benzene rings is 1. The van der Waals surface area contributed by atoms with Gasteiger partial charge in [0, 0.05) is 34.6 Å². The molecule has 0 aromatic heterocycles. The third-order valence-electron chi connectivity index (χ3n) is 2.92. The van der Waals surface area contributed by atoms with Crippen molar-refractivity contribution in [2.45, 2.75) is 17.9 Å². The number of nitrogens with one attached hydrogen (secondary N) is 1. The zero-order chi connectivity index (χ0) is 13.3. The lowest BCUT2D eigenvalue weighted by molar-refractivity contribution is 0.283. The van der Waals surface area contributed by atoms with E-state index in [1.807, 2.05) is 13.0 Å². The molecule has 1 aromatic rings. The van der Waals surface area contributed by atoms with Gasteiger partial charge in [-0.25, -0.2) is 8.42 Å². The molecule has 0 aliphatic carbocycles. The minimum Gasteiger partial charge on any atom is -0.314 e. The Morgan fingerprint density at radius 1 is 1.39 bits per heavy atom. The van der Waals surface area contributed by atoms with E-state index in [0.717, 1.165) is 4.47 Å². The second-order valence-corrected chi connectivity index (χ2v) is 7.87. The van der Waals surface area contributed by atoms with Crippen LogP contribution in [-0.2, 0) is 10.0 Å². The molecular weight excluding hydrogens is 384 g/mol. The first kappa shape index (κ1) is 14.5. The number of hydrogen-bond donors (Lipinski definition) is 1. The molecule has 1 aliphatic rings. The summed E-state index contributed by atoms with van der Waals surface area (Å²) in [5.41, 5.74) is 0. The van der Waals surface area contributed by atoms with Crippen molar-refractivity contribution in [1.29, 1.82) is 0 Å². The minimum atomic E-state index is -3.45. The molecule has 2 rings (SSSR count). The average molecular weight is 398 g/mol. The SMILES string of the molecule is CC1CNCCN1S(=O)(=O)c1cc(Br)ccc1Br. The smallest absolute Gasteiger partial charge is 0.244 e. The van der Waals surface area contributed by atoms with Gasteiger partial charge in [-0.1, -0.05) is 15.9 Å². The molecule has 0 spiro atoms. The molecule has 4 nitrogen and oxygen atoms in total. The number of rotatable bonds is 2. The fraction of sp³-hybridized carbons (Fsp3) is 0.455. The molecule has 1 aliphatic heterocycles. The lowest BCUT2D eigenvalue weighted by atomic mass is 10.3. The van der Waals surface area contributed by atoms with Crippen molar-refractivity contribution in [1.82, 2.24) is 9.62 Å². The van der Waals surface area contributed by atoms with Crippen LogP contribution in [0.5, 0.6) is 0 Å². The van der Waals surface area contributed by atoms with Gasteiger partial charge >= 0.3 is 0 Å². The molecule has 1 aromatic carbocycles. The summed E-state index contributed by atoms with van der Waals surface area (Å²) in [6.45, 7) is 3.79. The molecule has 1 N–H and O–H groups in total. The normalized spacial score (nSPS) is 22.1. The Bertz CT molecular complexity index is 548. The fourth-order valence-electron chi connectivity index (χ4n) is 1.98. The lowest BCUT2D eigenvalue weighted by Crippen LogP contribution is -2.52. The highest BCUT2D eigenvalue weighted by atomic mass is 79.9. The second kappa shape index (κ2) is 5.58. The molecule has 0 bridgehead atoms. The maximum Gasteiger partial charge on any atom is 0.244 e. The van der Waals surface area contributed by atoms with Crippen LogP contribution in [0.1, 0.15) is 6.92 Å². The van der Waals surface area contributed by atoms with Gasteiger partial charge in [0.2, 0.25) is 10.0 Å². The Morgan fingerprint density at radius 3 is 2.78 bits per heavy atom. The Balaban J connectivity index is 2.44. The number of nitrogens with zero attached hydrogens (tertiary/aromatic N) is 1. The predicted molar refractivity (Wildman–Crippen MR) is 78.1 cm³/mol. The first-order valence-corrected chi connectivity index (χ1v) is 8.63. The van der Waals surface area contributed by atoms with Crippen LogP contribution in [0.2, 0.25) is 0 Å². The third kappa shape index (κ3) is 2.80. The van der Waals surface area contributed by atoms with Crippen molar-refractivity contribution >= 4 is 41.9 Å². The zero-order valence-corrected chi connectivity index (χ0v) is 13.8. The summed E-state index contributed by atoms with van der Waals surface area (Å²) < 4.78 is 28.1. The van der Waals surface area contributed by atoms with Gasteiger partial charge in [-0.15, -0.1) is 0 Å². The molecule has 1 fully saturated rings. The molecule has 1 atom stereocenters. The minimum absolute atomic E-state index is 0.0327. The maximum atomic E-state index is 12.6. The maximum absolute atomic E-state index is 12.6. The van der Waals surface area contributed by atoms with Gasteiger partial charge in [-0.3, -0.25) is 0 Å². The van der Waals surface area contributed by atoms with Crippen LogP contribution in [-0.4, -0.2) is 38.4 Å². The van der Waals surface area contributed by atoms with E-state index in [9.17, 15) is 8.42 Å². The summed E-state index contributed by atoms with van der Waals surface area (Å²) in [6.07, 6.45) is 0. The molecule has 18 heavy (non-hydrogen) atoms. The van der Waals surface area contributed by atoms with Crippen LogP contribution >= 0.6 is 31.9 Å². The number of hydrogen-bond acceptors (Lipinski definition) is 3. The van der Waals surface area contributed by atoms with Gasteiger partial charge in [-0.05, 0) is 41.1 Å². The van der Waals surface area contributed by atoms with Crippen molar-refractivity contribution in [2.24, 2.45) is 0 Å². The molecule has 0 amide bonds. The topological polar surface area (TPSA) is 49.4 Å². The number of piperazine rings is 1. The van der Waals surface area contributed by atoms with Gasteiger partial charge in [0.15, 0.2) is 0 Å². The lowest BCUT2D eigenvalue weighted by Gasteiger charge is -2.33. The van der Waals surface area contributed by atoms with E-state index in [-0.39, 0.29) is 6.04 Å².